The number of aliphatic imine (C=N–C) groups is 1. The number of benzene rings is 1. The number of carbonyl (C=O) groups excluding carboxylic acids is 2. The van der Waals surface area contributed by atoms with E-state index >= 15 is 0 Å². The summed E-state index contributed by atoms with van der Waals surface area (Å²) in [4.78, 5) is 31.5. The largest absolute Gasteiger partial charge is 0.493 e. The van der Waals surface area contributed by atoms with Crippen molar-refractivity contribution in [3.05, 3.63) is 35.0 Å². The van der Waals surface area contributed by atoms with Crippen molar-refractivity contribution in [3.63, 3.8) is 0 Å². The summed E-state index contributed by atoms with van der Waals surface area (Å²) in [7, 11) is 2.90. The molecule has 2 aliphatic heterocycles. The molecular weight excluding hydrogens is 392 g/mol. The molecule has 7 nitrogen and oxygen atoms in total. The highest BCUT2D eigenvalue weighted by Crippen LogP contribution is 2.44. The standard InChI is InChI=1S/C21H26N2O5S/c1-6-7-10-28-15-9-8-14(11-16(15)26-4)18-17(20(25)27-5)12(2)22-21-23(18)19(24)13(3)29-21/h8-9,11,13,18H,6-7,10H2,1-5H3. The van der Waals surface area contributed by atoms with E-state index in [0.717, 1.165) is 18.4 Å². The van der Waals surface area contributed by atoms with Gasteiger partial charge in [0.05, 0.1) is 43.4 Å². The lowest BCUT2D eigenvalue weighted by atomic mass is 9.94. The maximum absolute atomic E-state index is 12.9. The number of esters is 1. The van der Waals surface area contributed by atoms with E-state index in [0.29, 0.717) is 34.5 Å². The van der Waals surface area contributed by atoms with Crippen LogP contribution in [0.25, 0.3) is 0 Å². The number of amidine groups is 1. The molecule has 0 N–H and O–H groups in total. The highest BCUT2D eigenvalue weighted by molar-refractivity contribution is 8.15. The molecule has 2 atom stereocenters. The summed E-state index contributed by atoms with van der Waals surface area (Å²) >= 11 is 1.39. The van der Waals surface area contributed by atoms with E-state index in [-0.39, 0.29) is 11.2 Å². The van der Waals surface area contributed by atoms with Crippen molar-refractivity contribution >= 4 is 28.8 Å². The quantitative estimate of drug-likeness (QED) is 0.496. The van der Waals surface area contributed by atoms with Gasteiger partial charge >= 0.3 is 5.97 Å². The van der Waals surface area contributed by atoms with Gasteiger partial charge in [-0.2, -0.15) is 0 Å². The summed E-state index contributed by atoms with van der Waals surface area (Å²) in [6.45, 7) is 6.29. The predicted molar refractivity (Wildman–Crippen MR) is 112 cm³/mol. The fourth-order valence-electron chi connectivity index (χ4n) is 3.39. The molecule has 0 aliphatic carbocycles. The van der Waals surface area contributed by atoms with Crippen molar-refractivity contribution in [2.24, 2.45) is 4.99 Å². The number of amides is 1. The Morgan fingerprint density at radius 2 is 2.03 bits per heavy atom. The van der Waals surface area contributed by atoms with Crippen LogP contribution in [0.1, 0.15) is 45.2 Å². The molecule has 1 fully saturated rings. The molecule has 1 aromatic carbocycles. The third-order valence-corrected chi connectivity index (χ3v) is 5.98. The second kappa shape index (κ2) is 8.90. The topological polar surface area (TPSA) is 77.4 Å². The fourth-order valence-corrected chi connectivity index (χ4v) is 4.42. The fraction of sp³-hybridized carbons (Fsp3) is 0.476. The molecule has 0 spiro atoms. The van der Waals surface area contributed by atoms with Gasteiger partial charge in [0.1, 0.15) is 0 Å². The van der Waals surface area contributed by atoms with Crippen LogP contribution in [-0.2, 0) is 14.3 Å². The number of unbranched alkanes of at least 4 members (excludes halogenated alkanes) is 1. The molecule has 1 amide bonds. The molecular formula is C21H26N2O5S. The molecule has 1 saturated heterocycles. The van der Waals surface area contributed by atoms with Crippen LogP contribution in [0.2, 0.25) is 0 Å². The molecule has 1 aromatic rings. The van der Waals surface area contributed by atoms with Crippen LogP contribution in [0, 0.1) is 0 Å². The van der Waals surface area contributed by atoms with E-state index in [9.17, 15) is 9.59 Å². The van der Waals surface area contributed by atoms with Crippen LogP contribution in [-0.4, -0.2) is 48.0 Å². The van der Waals surface area contributed by atoms with Crippen molar-refractivity contribution in [1.29, 1.82) is 0 Å². The summed E-state index contributed by atoms with van der Waals surface area (Å²) in [5.74, 6) is 0.590. The van der Waals surface area contributed by atoms with Gasteiger partial charge < -0.3 is 14.2 Å². The molecule has 0 radical (unpaired) electrons. The van der Waals surface area contributed by atoms with Crippen LogP contribution in [0.15, 0.2) is 34.5 Å². The van der Waals surface area contributed by atoms with Crippen molar-refractivity contribution in [1.82, 2.24) is 4.90 Å². The number of nitrogens with zero attached hydrogens (tertiary/aromatic N) is 2. The van der Waals surface area contributed by atoms with Gasteiger partial charge in [-0.05, 0) is 38.0 Å². The number of methoxy groups -OCH3 is 2. The van der Waals surface area contributed by atoms with Gasteiger partial charge in [-0.3, -0.25) is 9.69 Å². The van der Waals surface area contributed by atoms with E-state index < -0.39 is 12.0 Å². The Balaban J connectivity index is 2.06. The summed E-state index contributed by atoms with van der Waals surface area (Å²) in [5.41, 5.74) is 1.63. The average molecular weight is 419 g/mol. The average Bonchev–Trinajstić information content (AvgIpc) is 3.00. The van der Waals surface area contributed by atoms with Gasteiger partial charge in [-0.25, -0.2) is 9.79 Å². The van der Waals surface area contributed by atoms with E-state index in [1.54, 1.807) is 18.9 Å². The number of allylic oxidation sites excluding steroid dienone is 1. The zero-order valence-electron chi connectivity index (χ0n) is 17.4. The highest BCUT2D eigenvalue weighted by Gasteiger charge is 2.46. The van der Waals surface area contributed by atoms with E-state index in [1.807, 2.05) is 25.1 Å². The van der Waals surface area contributed by atoms with Crippen LogP contribution in [0.4, 0.5) is 0 Å². The predicted octanol–water partition coefficient (Wildman–Crippen LogP) is 3.70. The molecule has 2 unspecified atom stereocenters. The van der Waals surface area contributed by atoms with Crippen molar-refractivity contribution in [2.75, 3.05) is 20.8 Å². The van der Waals surface area contributed by atoms with Crippen LogP contribution < -0.4 is 9.47 Å². The molecule has 0 saturated carbocycles. The first-order chi connectivity index (χ1) is 13.9. The molecule has 3 rings (SSSR count). The zero-order valence-corrected chi connectivity index (χ0v) is 18.2. The number of fused-ring (bicyclic) bond motifs is 1. The van der Waals surface area contributed by atoms with Gasteiger partial charge in [0.15, 0.2) is 16.7 Å². The van der Waals surface area contributed by atoms with Crippen LogP contribution in [0.5, 0.6) is 11.5 Å². The number of thioether (sulfide) groups is 1. The Hall–Kier alpha value is -2.48. The molecule has 0 bridgehead atoms. The normalized spacial score (nSPS) is 21.1. The number of ether oxygens (including phenoxy) is 3. The Morgan fingerprint density at radius 3 is 2.69 bits per heavy atom. The van der Waals surface area contributed by atoms with E-state index in [2.05, 4.69) is 11.9 Å². The minimum atomic E-state index is -0.626. The minimum absolute atomic E-state index is 0.0881. The van der Waals surface area contributed by atoms with Crippen LogP contribution in [0.3, 0.4) is 0 Å². The van der Waals surface area contributed by atoms with E-state index in [4.69, 9.17) is 14.2 Å². The van der Waals surface area contributed by atoms with Crippen molar-refractivity contribution in [3.8, 4) is 11.5 Å². The monoisotopic (exact) mass is 418 g/mol. The SMILES string of the molecule is CCCCOc1ccc(C2C(C(=O)OC)=C(C)N=C3SC(C)C(=O)N32)cc1OC. The maximum Gasteiger partial charge on any atom is 0.338 e. The van der Waals surface area contributed by atoms with Crippen molar-refractivity contribution < 1.29 is 23.8 Å². The summed E-state index contributed by atoms with van der Waals surface area (Å²) in [6.07, 6.45) is 1.98. The summed E-state index contributed by atoms with van der Waals surface area (Å²) in [5, 5.41) is 0.333. The summed E-state index contributed by atoms with van der Waals surface area (Å²) in [6, 6.07) is 4.86. The van der Waals surface area contributed by atoms with Crippen LogP contribution >= 0.6 is 11.8 Å². The lowest BCUT2D eigenvalue weighted by molar-refractivity contribution is -0.137. The Bertz CT molecular complexity index is 880. The van der Waals surface area contributed by atoms with Gasteiger partial charge in [-0.1, -0.05) is 31.2 Å². The number of carbonyl (C=O) groups is 2. The molecule has 0 aromatic heterocycles. The first-order valence-electron chi connectivity index (χ1n) is 9.61. The van der Waals surface area contributed by atoms with Gasteiger partial charge in [0.2, 0.25) is 5.91 Å². The third kappa shape index (κ3) is 3.99. The zero-order chi connectivity index (χ0) is 21.1. The molecule has 29 heavy (non-hydrogen) atoms. The number of rotatable bonds is 7. The Labute approximate surface area is 175 Å². The maximum atomic E-state index is 12.9. The smallest absolute Gasteiger partial charge is 0.338 e. The molecule has 2 heterocycles. The summed E-state index contributed by atoms with van der Waals surface area (Å²) < 4.78 is 16.3. The Kier molecular flexibility index (Phi) is 6.52. The highest BCUT2D eigenvalue weighted by atomic mass is 32.2. The first-order valence-corrected chi connectivity index (χ1v) is 10.5. The van der Waals surface area contributed by atoms with Gasteiger partial charge in [-0.15, -0.1) is 0 Å². The minimum Gasteiger partial charge on any atom is -0.493 e. The molecule has 156 valence electrons. The molecule has 8 heteroatoms. The van der Waals surface area contributed by atoms with Gasteiger partial charge in [0, 0.05) is 0 Å². The second-order valence-electron chi connectivity index (χ2n) is 6.87. The lowest BCUT2D eigenvalue weighted by Crippen LogP contribution is -2.40. The number of hydrogen-bond donors (Lipinski definition) is 0. The second-order valence-corrected chi connectivity index (χ2v) is 8.18. The van der Waals surface area contributed by atoms with E-state index in [1.165, 1.54) is 18.9 Å². The number of hydrogen-bond acceptors (Lipinski definition) is 7. The lowest BCUT2D eigenvalue weighted by Gasteiger charge is -2.33. The van der Waals surface area contributed by atoms with Crippen molar-refractivity contribution in [2.45, 2.75) is 44.9 Å². The molecule has 2 aliphatic rings. The Morgan fingerprint density at radius 1 is 1.28 bits per heavy atom. The third-order valence-electron chi connectivity index (χ3n) is 4.92. The van der Waals surface area contributed by atoms with Gasteiger partial charge in [0.25, 0.3) is 0 Å². The first kappa shape index (κ1) is 21.2.